The van der Waals surface area contributed by atoms with Gasteiger partial charge in [0, 0.05) is 5.56 Å². The summed E-state index contributed by atoms with van der Waals surface area (Å²) in [5, 5.41) is 2.94. The average Bonchev–Trinajstić information content (AvgIpc) is 2.77. The largest absolute Gasteiger partial charge is 0.494 e. The van der Waals surface area contributed by atoms with E-state index in [0.717, 1.165) is 25.0 Å². The molecular weight excluding hydrogens is 362 g/mol. The zero-order valence-corrected chi connectivity index (χ0v) is 16.8. The van der Waals surface area contributed by atoms with Crippen LogP contribution in [0.2, 0.25) is 0 Å². The molecule has 3 aromatic carbocycles. The maximum atomic E-state index is 12.6. The maximum Gasteiger partial charge on any atom is 0.255 e. The fraction of sp³-hybridized carbons (Fsp3) is 0.240. The van der Waals surface area contributed by atoms with E-state index < -0.39 is 0 Å². The zero-order chi connectivity index (χ0) is 20.3. The Bertz CT molecular complexity index is 891. The van der Waals surface area contributed by atoms with Gasteiger partial charge in [0.2, 0.25) is 0 Å². The number of rotatable bonds is 10. The summed E-state index contributed by atoms with van der Waals surface area (Å²) in [6.45, 7) is 3.31. The topological polar surface area (TPSA) is 47.6 Å². The lowest BCUT2D eigenvalue weighted by Crippen LogP contribution is -2.13. The van der Waals surface area contributed by atoms with Crippen molar-refractivity contribution in [3.8, 4) is 11.5 Å². The molecule has 0 aliphatic rings. The lowest BCUT2D eigenvalue weighted by molar-refractivity contribution is 0.102. The van der Waals surface area contributed by atoms with Gasteiger partial charge in [-0.1, -0.05) is 49.4 Å². The second-order valence-electron chi connectivity index (χ2n) is 6.76. The summed E-state index contributed by atoms with van der Waals surface area (Å²) in [7, 11) is 0. The van der Waals surface area contributed by atoms with E-state index in [1.165, 1.54) is 5.56 Å². The van der Waals surface area contributed by atoms with Crippen molar-refractivity contribution in [3.63, 3.8) is 0 Å². The predicted molar refractivity (Wildman–Crippen MR) is 117 cm³/mol. The van der Waals surface area contributed by atoms with Crippen molar-refractivity contribution in [1.82, 2.24) is 0 Å². The molecule has 3 aromatic rings. The number of anilines is 1. The van der Waals surface area contributed by atoms with Crippen molar-refractivity contribution < 1.29 is 14.3 Å². The number of carbonyl (C=O) groups excluding carboxylic acids is 1. The highest BCUT2D eigenvalue weighted by Gasteiger charge is 2.10. The number of aryl methyl sites for hydroxylation is 1. The van der Waals surface area contributed by atoms with Gasteiger partial charge in [-0.15, -0.1) is 0 Å². The molecule has 0 spiro atoms. The average molecular weight is 389 g/mol. The van der Waals surface area contributed by atoms with Crippen LogP contribution in [0.25, 0.3) is 0 Å². The van der Waals surface area contributed by atoms with Crippen LogP contribution in [0.5, 0.6) is 11.5 Å². The molecule has 0 saturated carbocycles. The van der Waals surface area contributed by atoms with Gasteiger partial charge in [0.25, 0.3) is 5.91 Å². The molecular formula is C25H27NO3. The molecule has 1 amide bonds. The van der Waals surface area contributed by atoms with E-state index in [-0.39, 0.29) is 5.91 Å². The molecule has 4 heteroatoms. The normalized spacial score (nSPS) is 10.4. The summed E-state index contributed by atoms with van der Waals surface area (Å²) in [6, 6.07) is 25.0. The molecule has 4 nitrogen and oxygen atoms in total. The van der Waals surface area contributed by atoms with Gasteiger partial charge in [-0.3, -0.25) is 4.79 Å². The molecule has 29 heavy (non-hydrogen) atoms. The molecule has 0 saturated heterocycles. The number of benzene rings is 3. The summed E-state index contributed by atoms with van der Waals surface area (Å²) < 4.78 is 11.5. The molecule has 0 aromatic heterocycles. The molecule has 0 heterocycles. The molecule has 150 valence electrons. The van der Waals surface area contributed by atoms with Crippen LogP contribution in [0.15, 0.2) is 78.9 Å². The number of hydrogen-bond donors (Lipinski definition) is 1. The SMILES string of the molecule is CCCOc1ccc(C(=O)Nc2ccccc2OCCCc2ccccc2)cc1. The highest BCUT2D eigenvalue weighted by Crippen LogP contribution is 2.25. The van der Waals surface area contributed by atoms with E-state index in [9.17, 15) is 4.79 Å². The Kier molecular flexibility index (Phi) is 7.70. The quantitative estimate of drug-likeness (QED) is 0.450. The molecule has 0 bridgehead atoms. The molecule has 0 atom stereocenters. The van der Waals surface area contributed by atoms with Crippen LogP contribution in [0.1, 0.15) is 35.7 Å². The molecule has 0 unspecified atom stereocenters. The summed E-state index contributed by atoms with van der Waals surface area (Å²) in [5.74, 6) is 1.27. The first-order valence-corrected chi connectivity index (χ1v) is 10.1. The number of carbonyl (C=O) groups is 1. The Morgan fingerprint density at radius 1 is 0.828 bits per heavy atom. The highest BCUT2D eigenvalue weighted by atomic mass is 16.5. The Balaban J connectivity index is 1.54. The third-order valence-electron chi connectivity index (χ3n) is 4.43. The first kappa shape index (κ1) is 20.5. The molecule has 0 fully saturated rings. The Morgan fingerprint density at radius 2 is 1.55 bits per heavy atom. The van der Waals surface area contributed by atoms with E-state index in [2.05, 4.69) is 24.4 Å². The van der Waals surface area contributed by atoms with Gasteiger partial charge in [-0.05, 0) is 61.2 Å². The minimum atomic E-state index is -0.174. The summed E-state index contributed by atoms with van der Waals surface area (Å²) in [4.78, 5) is 12.6. The lowest BCUT2D eigenvalue weighted by Gasteiger charge is -2.13. The zero-order valence-electron chi connectivity index (χ0n) is 16.8. The summed E-state index contributed by atoms with van der Waals surface area (Å²) in [5.41, 5.74) is 2.54. The monoisotopic (exact) mass is 389 g/mol. The predicted octanol–water partition coefficient (Wildman–Crippen LogP) is 5.74. The highest BCUT2D eigenvalue weighted by molar-refractivity contribution is 6.05. The van der Waals surface area contributed by atoms with E-state index in [1.54, 1.807) is 12.1 Å². The smallest absolute Gasteiger partial charge is 0.255 e. The van der Waals surface area contributed by atoms with Gasteiger partial charge in [-0.25, -0.2) is 0 Å². The van der Waals surface area contributed by atoms with Crippen molar-refractivity contribution in [2.45, 2.75) is 26.2 Å². The first-order valence-electron chi connectivity index (χ1n) is 10.1. The number of amides is 1. The van der Waals surface area contributed by atoms with E-state index in [1.807, 2.05) is 54.6 Å². The lowest BCUT2D eigenvalue weighted by atomic mass is 10.1. The van der Waals surface area contributed by atoms with Gasteiger partial charge in [-0.2, -0.15) is 0 Å². The minimum absolute atomic E-state index is 0.174. The van der Waals surface area contributed by atoms with Crippen LogP contribution in [-0.4, -0.2) is 19.1 Å². The standard InChI is InChI=1S/C25H27NO3/c1-2-18-28-22-16-14-21(15-17-22)25(27)26-23-12-6-7-13-24(23)29-19-8-11-20-9-4-3-5-10-20/h3-7,9-10,12-17H,2,8,11,18-19H2,1H3,(H,26,27). The Labute approximate surface area is 172 Å². The van der Waals surface area contributed by atoms with Gasteiger partial charge in [0.05, 0.1) is 18.9 Å². The number of hydrogen-bond acceptors (Lipinski definition) is 3. The molecule has 0 aliphatic heterocycles. The number of para-hydroxylation sites is 2. The molecule has 0 aliphatic carbocycles. The summed E-state index contributed by atoms with van der Waals surface area (Å²) in [6.07, 6.45) is 2.82. The minimum Gasteiger partial charge on any atom is -0.494 e. The van der Waals surface area contributed by atoms with Crippen molar-refractivity contribution in [3.05, 3.63) is 90.0 Å². The van der Waals surface area contributed by atoms with Crippen molar-refractivity contribution in [2.75, 3.05) is 18.5 Å². The van der Waals surface area contributed by atoms with Gasteiger partial charge >= 0.3 is 0 Å². The number of ether oxygens (including phenoxy) is 2. The van der Waals surface area contributed by atoms with E-state index in [4.69, 9.17) is 9.47 Å². The third kappa shape index (κ3) is 6.39. The van der Waals surface area contributed by atoms with Crippen LogP contribution in [0, 0.1) is 0 Å². The third-order valence-corrected chi connectivity index (χ3v) is 4.43. The van der Waals surface area contributed by atoms with Gasteiger partial charge in [0.15, 0.2) is 0 Å². The van der Waals surface area contributed by atoms with Crippen molar-refractivity contribution >= 4 is 11.6 Å². The second-order valence-corrected chi connectivity index (χ2v) is 6.76. The van der Waals surface area contributed by atoms with Crippen molar-refractivity contribution in [2.24, 2.45) is 0 Å². The van der Waals surface area contributed by atoms with Gasteiger partial charge < -0.3 is 14.8 Å². The number of nitrogens with one attached hydrogen (secondary N) is 1. The van der Waals surface area contributed by atoms with Gasteiger partial charge in [0.1, 0.15) is 11.5 Å². The first-order chi connectivity index (χ1) is 14.3. The second kappa shape index (κ2) is 10.9. The van der Waals surface area contributed by atoms with Crippen LogP contribution < -0.4 is 14.8 Å². The molecule has 3 rings (SSSR count). The van der Waals surface area contributed by atoms with Crippen LogP contribution in [-0.2, 0) is 6.42 Å². The van der Waals surface area contributed by atoms with E-state index in [0.29, 0.717) is 30.2 Å². The molecule has 0 radical (unpaired) electrons. The Morgan fingerprint density at radius 3 is 2.31 bits per heavy atom. The molecule has 1 N–H and O–H groups in total. The van der Waals surface area contributed by atoms with Crippen LogP contribution >= 0.6 is 0 Å². The van der Waals surface area contributed by atoms with Crippen LogP contribution in [0.4, 0.5) is 5.69 Å². The fourth-order valence-electron chi connectivity index (χ4n) is 2.92. The Hall–Kier alpha value is -3.27. The van der Waals surface area contributed by atoms with Crippen LogP contribution in [0.3, 0.4) is 0 Å². The van der Waals surface area contributed by atoms with E-state index >= 15 is 0 Å². The maximum absolute atomic E-state index is 12.6. The van der Waals surface area contributed by atoms with Crippen molar-refractivity contribution in [1.29, 1.82) is 0 Å². The fourth-order valence-corrected chi connectivity index (χ4v) is 2.92. The summed E-state index contributed by atoms with van der Waals surface area (Å²) >= 11 is 0.